The van der Waals surface area contributed by atoms with Gasteiger partial charge in [0.05, 0.1) is 11.5 Å². The number of halogens is 1. The zero-order valence-electron chi connectivity index (χ0n) is 5.50. The second-order valence-electron chi connectivity index (χ2n) is 2.13. The third-order valence-corrected chi connectivity index (χ3v) is 2.98. The Balaban J connectivity index is 2.28. The fourth-order valence-electron chi connectivity index (χ4n) is 0.954. The molecule has 11 heavy (non-hydrogen) atoms. The van der Waals surface area contributed by atoms with E-state index in [1.54, 1.807) is 0 Å². The molecule has 3 nitrogen and oxygen atoms in total. The van der Waals surface area contributed by atoms with E-state index in [1.165, 1.54) is 11.8 Å². The Morgan fingerprint density at radius 3 is 3.18 bits per heavy atom. The van der Waals surface area contributed by atoms with Gasteiger partial charge in [0.2, 0.25) is 6.29 Å². The minimum absolute atomic E-state index is 0.180. The molecule has 2 heterocycles. The first-order valence-corrected chi connectivity index (χ1v) is 4.50. The van der Waals surface area contributed by atoms with Crippen molar-refractivity contribution in [1.82, 2.24) is 0 Å². The number of carbonyl (C=O) groups excluding carboxylic acids is 1. The van der Waals surface area contributed by atoms with Crippen LogP contribution < -0.4 is 0 Å². The Morgan fingerprint density at radius 2 is 2.45 bits per heavy atom. The maximum absolute atomic E-state index is 10.8. The average molecular weight is 193 g/mol. The molecule has 0 saturated carbocycles. The maximum atomic E-state index is 10.8. The summed E-state index contributed by atoms with van der Waals surface area (Å²) in [6, 6.07) is 0. The molecule has 1 unspecified atom stereocenters. The van der Waals surface area contributed by atoms with Crippen LogP contribution in [0.25, 0.3) is 0 Å². The largest absolute Gasteiger partial charge is 0.426 e. The van der Waals surface area contributed by atoms with Gasteiger partial charge in [0, 0.05) is 5.75 Å². The molecule has 0 N–H and O–H groups in total. The first kappa shape index (κ1) is 7.46. The molecule has 0 aromatic rings. The molecule has 0 radical (unpaired) electrons. The van der Waals surface area contributed by atoms with Crippen LogP contribution in [0.5, 0.6) is 0 Å². The molecule has 60 valence electrons. The van der Waals surface area contributed by atoms with Gasteiger partial charge in [0.25, 0.3) is 0 Å². The van der Waals surface area contributed by atoms with E-state index >= 15 is 0 Å². The average Bonchev–Trinajstić information content (AvgIpc) is 2.30. The van der Waals surface area contributed by atoms with Crippen LogP contribution in [0.1, 0.15) is 0 Å². The molecule has 2 rings (SSSR count). The lowest BCUT2D eigenvalue weighted by Gasteiger charge is -2.18. The molecule has 1 atom stereocenters. The van der Waals surface area contributed by atoms with E-state index in [4.69, 9.17) is 21.1 Å². The molecule has 2 aliphatic rings. The minimum atomic E-state index is -0.520. The summed E-state index contributed by atoms with van der Waals surface area (Å²) < 4.78 is 9.93. The van der Waals surface area contributed by atoms with Crippen molar-refractivity contribution in [2.24, 2.45) is 0 Å². The molecule has 0 bridgehead atoms. The third-order valence-electron chi connectivity index (χ3n) is 1.43. The Labute approximate surface area is 72.7 Å². The zero-order chi connectivity index (χ0) is 7.84. The Morgan fingerprint density at radius 1 is 1.64 bits per heavy atom. The maximum Gasteiger partial charge on any atom is 0.353 e. The number of hydrogen-bond acceptors (Lipinski definition) is 4. The number of rotatable bonds is 0. The van der Waals surface area contributed by atoms with Gasteiger partial charge < -0.3 is 9.47 Å². The van der Waals surface area contributed by atoms with E-state index in [-0.39, 0.29) is 5.03 Å². The van der Waals surface area contributed by atoms with Crippen LogP contribution in [-0.2, 0) is 14.3 Å². The molecule has 5 heteroatoms. The van der Waals surface area contributed by atoms with Crippen LogP contribution in [0.2, 0.25) is 0 Å². The highest BCUT2D eigenvalue weighted by Gasteiger charge is 2.36. The lowest BCUT2D eigenvalue weighted by molar-refractivity contribution is -0.158. The molecule has 1 saturated heterocycles. The molecule has 0 aromatic heterocycles. The van der Waals surface area contributed by atoms with Crippen LogP contribution in [-0.4, -0.2) is 24.6 Å². The lowest BCUT2D eigenvalue weighted by atomic mass is 10.5. The number of ether oxygens (including phenoxy) is 2. The van der Waals surface area contributed by atoms with Crippen molar-refractivity contribution >= 4 is 29.3 Å². The van der Waals surface area contributed by atoms with E-state index in [9.17, 15) is 4.79 Å². The fraction of sp³-hybridized carbons (Fsp3) is 0.500. The van der Waals surface area contributed by atoms with Crippen LogP contribution in [0.3, 0.4) is 0 Å². The fourth-order valence-corrected chi connectivity index (χ4v) is 2.11. The van der Waals surface area contributed by atoms with Crippen LogP contribution in [0.4, 0.5) is 0 Å². The third kappa shape index (κ3) is 1.15. The Bertz CT molecular complexity index is 238. The molecular formula is C6H5ClO3S. The van der Waals surface area contributed by atoms with Crippen molar-refractivity contribution in [3.63, 3.8) is 0 Å². The Kier molecular flexibility index (Phi) is 1.83. The molecule has 1 fully saturated rings. The molecule has 2 aliphatic heterocycles. The van der Waals surface area contributed by atoms with Crippen molar-refractivity contribution in [3.8, 4) is 0 Å². The first-order chi connectivity index (χ1) is 5.29. The van der Waals surface area contributed by atoms with Crippen LogP contribution in [0, 0.1) is 0 Å². The summed E-state index contributed by atoms with van der Waals surface area (Å²) in [6.45, 7) is 0.607. The second-order valence-corrected chi connectivity index (χ2v) is 3.65. The zero-order valence-corrected chi connectivity index (χ0v) is 7.07. The van der Waals surface area contributed by atoms with Gasteiger partial charge in [-0.15, -0.1) is 11.8 Å². The highest BCUT2D eigenvalue weighted by Crippen LogP contribution is 2.37. The van der Waals surface area contributed by atoms with E-state index in [0.29, 0.717) is 6.61 Å². The van der Waals surface area contributed by atoms with Crippen LogP contribution in [0.15, 0.2) is 9.94 Å². The normalized spacial score (nSPS) is 30.3. The van der Waals surface area contributed by atoms with Gasteiger partial charge in [-0.3, -0.25) is 0 Å². The van der Waals surface area contributed by atoms with Crippen molar-refractivity contribution in [3.05, 3.63) is 9.94 Å². The smallest absolute Gasteiger partial charge is 0.353 e. The van der Waals surface area contributed by atoms with Gasteiger partial charge in [-0.2, -0.15) is 0 Å². The predicted molar refractivity (Wildman–Crippen MR) is 41.2 cm³/mol. The summed E-state index contributed by atoms with van der Waals surface area (Å²) in [4.78, 5) is 11.6. The number of fused-ring (bicyclic) bond motifs is 1. The summed E-state index contributed by atoms with van der Waals surface area (Å²) in [5.74, 6) is 0.361. The summed E-state index contributed by atoms with van der Waals surface area (Å²) in [5, 5.41) is 0.180. The molecule has 0 aliphatic carbocycles. The summed E-state index contributed by atoms with van der Waals surface area (Å²) in [7, 11) is 0. The van der Waals surface area contributed by atoms with Gasteiger partial charge in [-0.1, -0.05) is 11.6 Å². The van der Waals surface area contributed by atoms with Crippen LogP contribution >= 0.6 is 23.4 Å². The number of thioether (sulfide) groups is 1. The van der Waals surface area contributed by atoms with E-state index in [2.05, 4.69) is 0 Å². The summed E-state index contributed by atoms with van der Waals surface area (Å²) >= 11 is 7.16. The quantitative estimate of drug-likeness (QED) is 0.538. The van der Waals surface area contributed by atoms with Gasteiger partial charge in [0.15, 0.2) is 0 Å². The SMILES string of the molecule is O=C1OC2OCCSC2=C1Cl. The number of hydrogen-bond donors (Lipinski definition) is 0. The Hall–Kier alpha value is -0.190. The predicted octanol–water partition coefficient (Wildman–Crippen LogP) is 1.08. The highest BCUT2D eigenvalue weighted by atomic mass is 35.5. The van der Waals surface area contributed by atoms with E-state index < -0.39 is 12.3 Å². The van der Waals surface area contributed by atoms with Crippen molar-refractivity contribution in [2.45, 2.75) is 6.29 Å². The second kappa shape index (κ2) is 2.69. The lowest BCUT2D eigenvalue weighted by Crippen LogP contribution is -2.20. The standard InChI is InChI=1S/C6H5ClO3S/c7-3-4-6(10-5(3)8)9-1-2-11-4/h6H,1-2H2. The first-order valence-electron chi connectivity index (χ1n) is 3.14. The van der Waals surface area contributed by atoms with Crippen molar-refractivity contribution in [2.75, 3.05) is 12.4 Å². The van der Waals surface area contributed by atoms with Gasteiger partial charge in [0.1, 0.15) is 5.03 Å². The molecule has 0 amide bonds. The van der Waals surface area contributed by atoms with E-state index in [1.807, 2.05) is 0 Å². The van der Waals surface area contributed by atoms with Crippen molar-refractivity contribution in [1.29, 1.82) is 0 Å². The van der Waals surface area contributed by atoms with Gasteiger partial charge >= 0.3 is 5.97 Å². The van der Waals surface area contributed by atoms with Crippen molar-refractivity contribution < 1.29 is 14.3 Å². The summed E-state index contributed by atoms with van der Waals surface area (Å²) in [6.07, 6.45) is -0.520. The van der Waals surface area contributed by atoms with Gasteiger partial charge in [-0.05, 0) is 0 Å². The molecule has 0 aromatic carbocycles. The van der Waals surface area contributed by atoms with Gasteiger partial charge in [-0.25, -0.2) is 4.79 Å². The minimum Gasteiger partial charge on any atom is -0.426 e. The number of esters is 1. The summed E-state index contributed by atoms with van der Waals surface area (Å²) in [5.41, 5.74) is 0. The topological polar surface area (TPSA) is 35.5 Å². The highest BCUT2D eigenvalue weighted by molar-refractivity contribution is 8.03. The molecular weight excluding hydrogens is 188 g/mol. The number of carbonyl (C=O) groups is 1. The monoisotopic (exact) mass is 192 g/mol. The molecule has 0 spiro atoms. The van der Waals surface area contributed by atoms with E-state index in [0.717, 1.165) is 10.7 Å².